The first-order valence-corrected chi connectivity index (χ1v) is 19.3. The van der Waals surface area contributed by atoms with Gasteiger partial charge in [0.2, 0.25) is 0 Å². The quantitative estimate of drug-likeness (QED) is 0.117. The molecule has 0 aromatic heterocycles. The van der Waals surface area contributed by atoms with E-state index in [0.29, 0.717) is 31.2 Å². The summed E-state index contributed by atoms with van der Waals surface area (Å²) in [5.74, 6) is 1.76. The minimum atomic E-state index is -1.99. The van der Waals surface area contributed by atoms with Crippen LogP contribution < -0.4 is 8.61 Å². The number of hydrogen-bond donors (Lipinski definition) is 0. The maximum absolute atomic E-state index is 7.42. The van der Waals surface area contributed by atoms with Gasteiger partial charge in [-0.15, -0.1) is 0 Å². The van der Waals surface area contributed by atoms with Gasteiger partial charge in [-0.05, 0) is 82.7 Å². The summed E-state index contributed by atoms with van der Waals surface area (Å²) in [5, 5.41) is 0. The van der Waals surface area contributed by atoms with Crippen molar-refractivity contribution < 1.29 is 13.3 Å². The van der Waals surface area contributed by atoms with Crippen LogP contribution in [-0.4, -0.2) is 16.7 Å². The predicted octanol–water partition coefficient (Wildman–Crippen LogP) is 10.0. The lowest BCUT2D eigenvalue weighted by Crippen LogP contribution is -2.50. The predicted molar refractivity (Wildman–Crippen MR) is 170 cm³/mol. The van der Waals surface area contributed by atoms with E-state index in [1.54, 1.807) is 7.11 Å². The molecule has 0 fully saturated rings. The lowest BCUT2D eigenvalue weighted by molar-refractivity contribution is 0.185. The van der Waals surface area contributed by atoms with Crippen molar-refractivity contribution in [3.8, 4) is 33.8 Å². The molecule has 3 nitrogen and oxygen atoms in total. The van der Waals surface area contributed by atoms with Gasteiger partial charge in [-0.1, -0.05) is 77.9 Å². The summed E-state index contributed by atoms with van der Waals surface area (Å²) in [6.45, 7) is 14.4. The fraction of sp³-hybridized carbons (Fsp3) is 0.379. The fourth-order valence-corrected chi connectivity index (χ4v) is 11.8. The minimum Gasteiger partial charge on any atom is -0.543 e. The molecule has 1 unspecified atom stereocenters. The Morgan fingerprint density at radius 1 is 0.806 bits per heavy atom. The maximum atomic E-state index is 7.42. The molecule has 0 radical (unpaired) electrons. The minimum absolute atomic E-state index is 0.439. The van der Waals surface area contributed by atoms with E-state index in [2.05, 4.69) is 117 Å². The zero-order chi connectivity index (χ0) is 27.2. The van der Waals surface area contributed by atoms with E-state index >= 15 is 0 Å². The number of halogens is 1. The van der Waals surface area contributed by atoms with E-state index in [1.165, 1.54) is 5.56 Å². The number of methoxy groups -OCH3 is 1. The van der Waals surface area contributed by atoms with Gasteiger partial charge < -0.3 is 13.3 Å². The average Bonchev–Trinajstić information content (AvgIpc) is 2.87. The van der Waals surface area contributed by atoms with Crippen LogP contribution >= 0.6 is 29.2 Å². The van der Waals surface area contributed by atoms with Crippen LogP contribution in [0.15, 0.2) is 66.7 Å². The molecule has 3 rings (SSSR count). The molecule has 0 N–H and O–H groups in total. The van der Waals surface area contributed by atoms with Crippen LogP contribution in [0, 0.1) is 0 Å². The van der Waals surface area contributed by atoms with Crippen LogP contribution in [0.3, 0.4) is 0 Å². The molecule has 0 saturated heterocycles. The standard InChI is InChI=1S/C29H38IO3PSSi/c1-20(2)36(21(3)4,22(5)6)33-28-15-10-24(11-16-28)29-17-12-25(18-26(29)19-31-7)23-8-13-27(14-9-23)32-35(30)34/h8-18,20-22,34H,19H2,1-7H3/i34T. The molecule has 0 amide bonds. The molecule has 0 heterocycles. The Hall–Kier alpha value is -1.18. The van der Waals surface area contributed by atoms with Crippen molar-refractivity contribution >= 4 is 45.0 Å². The highest BCUT2D eigenvalue weighted by molar-refractivity contribution is 14.2. The van der Waals surface area contributed by atoms with Crippen LogP contribution in [-0.2, 0) is 18.9 Å². The summed E-state index contributed by atoms with van der Waals surface area (Å²) < 4.78 is 25.6. The molecule has 0 spiro atoms. The van der Waals surface area contributed by atoms with Crippen LogP contribution in [0.4, 0.5) is 0 Å². The van der Waals surface area contributed by atoms with Crippen molar-refractivity contribution in [3.63, 3.8) is 0 Å². The number of rotatable bonds is 11. The summed E-state index contributed by atoms with van der Waals surface area (Å²) in [4.78, 5) is 0. The highest BCUT2D eigenvalue weighted by Gasteiger charge is 2.46. The number of ether oxygens (including phenoxy) is 1. The van der Waals surface area contributed by atoms with Crippen molar-refractivity contribution in [1.29, 1.82) is 1.28 Å². The third kappa shape index (κ3) is 6.82. The second-order valence-electron chi connectivity index (χ2n) is 10.1. The van der Waals surface area contributed by atoms with Crippen molar-refractivity contribution in [2.75, 3.05) is 7.11 Å². The van der Waals surface area contributed by atoms with Crippen LogP contribution in [0.5, 0.6) is 11.5 Å². The highest BCUT2D eigenvalue weighted by Crippen LogP contribution is 2.43. The van der Waals surface area contributed by atoms with Crippen LogP contribution in [0.1, 0.15) is 47.1 Å². The molecule has 7 heteroatoms. The van der Waals surface area contributed by atoms with Crippen LogP contribution in [0.25, 0.3) is 22.3 Å². The maximum Gasteiger partial charge on any atom is 0.258 e. The van der Waals surface area contributed by atoms with Gasteiger partial charge in [0.25, 0.3) is 8.32 Å². The Kier molecular flexibility index (Phi) is 10.1. The molecule has 194 valence electrons. The van der Waals surface area contributed by atoms with E-state index in [4.69, 9.17) is 14.6 Å². The molecule has 0 aliphatic heterocycles. The third-order valence-electron chi connectivity index (χ3n) is 6.92. The molecule has 0 aliphatic carbocycles. The zero-order valence-corrected chi connectivity index (χ0v) is 27.1. The summed E-state index contributed by atoms with van der Waals surface area (Å²) in [6.07, 6.45) is 0. The van der Waals surface area contributed by atoms with Crippen LogP contribution in [0.2, 0.25) is 16.6 Å². The Bertz CT molecular complexity index is 1180. The Morgan fingerprint density at radius 2 is 1.33 bits per heavy atom. The zero-order valence-electron chi connectivity index (χ0n) is 23.2. The monoisotopic (exact) mass is 654 g/mol. The van der Waals surface area contributed by atoms with Gasteiger partial charge >= 0.3 is 0 Å². The van der Waals surface area contributed by atoms with E-state index in [1.807, 2.05) is 12.1 Å². The average molecular weight is 655 g/mol. The van der Waals surface area contributed by atoms with E-state index in [-0.39, 0.29) is 0 Å². The van der Waals surface area contributed by atoms with Gasteiger partial charge in [-0.3, -0.25) is 0 Å². The molecule has 0 saturated carbocycles. The molecule has 3 aromatic rings. The normalized spacial score (nSPS) is 13.4. The molecule has 0 aliphatic rings. The van der Waals surface area contributed by atoms with Crippen molar-refractivity contribution in [1.82, 2.24) is 0 Å². The molecule has 0 bridgehead atoms. The first-order chi connectivity index (χ1) is 17.6. The molecule has 36 heavy (non-hydrogen) atoms. The van der Waals surface area contributed by atoms with Gasteiger partial charge in [0.1, 0.15) is 12.8 Å². The summed E-state index contributed by atoms with van der Waals surface area (Å²) in [7, 11) is -0.200. The number of hydrogen-bond acceptors (Lipinski definition) is 3. The van der Waals surface area contributed by atoms with E-state index < -0.39 is 15.8 Å². The third-order valence-corrected chi connectivity index (χ3v) is 14.0. The van der Waals surface area contributed by atoms with Gasteiger partial charge in [-0.2, -0.15) is 0 Å². The van der Waals surface area contributed by atoms with Crippen molar-refractivity contribution in [3.05, 3.63) is 72.3 Å². The molecule has 3 aromatic carbocycles. The van der Waals surface area contributed by atoms with Gasteiger partial charge in [0, 0.05) is 28.3 Å². The molecular formula is C29H38IO3PSSi. The first-order valence-electron chi connectivity index (χ1n) is 12.8. The second kappa shape index (κ2) is 13.1. The number of benzene rings is 3. The van der Waals surface area contributed by atoms with E-state index in [9.17, 15) is 0 Å². The Morgan fingerprint density at radius 3 is 1.86 bits per heavy atom. The Labute approximate surface area is 236 Å². The molecule has 1 atom stereocenters. The lowest BCUT2D eigenvalue weighted by atomic mass is 9.95. The highest BCUT2D eigenvalue weighted by atomic mass is 127. The Balaban J connectivity index is 1.89. The topological polar surface area (TPSA) is 27.7 Å². The largest absolute Gasteiger partial charge is 0.543 e. The van der Waals surface area contributed by atoms with Gasteiger partial charge in [0.15, 0.2) is 0 Å². The van der Waals surface area contributed by atoms with Crippen molar-refractivity contribution in [2.45, 2.75) is 64.8 Å². The van der Waals surface area contributed by atoms with Gasteiger partial charge in [0.05, 0.1) is 14.1 Å². The first kappa shape index (κ1) is 27.8. The van der Waals surface area contributed by atoms with Gasteiger partial charge in [-0.25, -0.2) is 0 Å². The second-order valence-corrected chi connectivity index (χ2v) is 21.5. The van der Waals surface area contributed by atoms with E-state index in [0.717, 1.165) is 33.8 Å². The van der Waals surface area contributed by atoms with Crippen molar-refractivity contribution in [2.24, 2.45) is 0 Å². The lowest BCUT2D eigenvalue weighted by Gasteiger charge is -2.42. The summed E-state index contributed by atoms with van der Waals surface area (Å²) in [6, 6.07) is 23.2. The summed E-state index contributed by atoms with van der Waals surface area (Å²) >= 11 is 2.15. The SMILES string of the molecule is [3H]P=S(I)Oc1ccc(-c2ccc(-c3ccc(O[Si](C(C)C)(C(C)C)C(C)C)cc3)c(COC)c2)cc1. The summed E-state index contributed by atoms with van der Waals surface area (Å²) in [5.41, 5.74) is 7.33. The smallest absolute Gasteiger partial charge is 0.258 e. The molecular weight excluding hydrogens is 614 g/mol. The fourth-order valence-electron chi connectivity index (χ4n) is 5.37.